The van der Waals surface area contributed by atoms with Gasteiger partial charge >= 0.3 is 5.97 Å². The van der Waals surface area contributed by atoms with Crippen LogP contribution in [0.25, 0.3) is 0 Å². The number of hydrogen-bond acceptors (Lipinski definition) is 5. The van der Waals surface area contributed by atoms with Crippen molar-refractivity contribution in [1.29, 1.82) is 0 Å². The fraction of sp³-hybridized carbons (Fsp3) is 0.214. The molecule has 0 saturated carbocycles. The Kier molecular flexibility index (Phi) is 3.75. The van der Waals surface area contributed by atoms with Crippen molar-refractivity contribution in [3.8, 4) is 11.6 Å². The number of benzene rings is 1. The fourth-order valence-electron chi connectivity index (χ4n) is 1.55. The van der Waals surface area contributed by atoms with Crippen LogP contribution in [0.4, 0.5) is 0 Å². The molecule has 0 bridgehead atoms. The number of aromatic nitrogens is 2. The number of esters is 1. The average molecular weight is 258 g/mol. The fourth-order valence-corrected chi connectivity index (χ4v) is 1.55. The first kappa shape index (κ1) is 13.0. The molecule has 0 amide bonds. The SMILES string of the molecule is COC(=O)c1cncc(Oc2cccc(C)c2C)n1. The minimum atomic E-state index is -0.543. The molecule has 0 spiro atoms. The number of carbonyl (C=O) groups is 1. The maximum atomic E-state index is 11.4. The minimum absolute atomic E-state index is 0.116. The molecule has 0 aliphatic heterocycles. The normalized spacial score (nSPS) is 10.1. The topological polar surface area (TPSA) is 61.3 Å². The molecule has 5 heteroatoms. The number of methoxy groups -OCH3 is 1. The van der Waals surface area contributed by atoms with E-state index in [0.29, 0.717) is 5.75 Å². The van der Waals surface area contributed by atoms with Crippen LogP contribution >= 0.6 is 0 Å². The van der Waals surface area contributed by atoms with Gasteiger partial charge in [0.05, 0.1) is 19.5 Å². The van der Waals surface area contributed by atoms with E-state index in [1.807, 2.05) is 32.0 Å². The van der Waals surface area contributed by atoms with Gasteiger partial charge in [-0.25, -0.2) is 9.78 Å². The highest BCUT2D eigenvalue weighted by molar-refractivity contribution is 5.86. The molecular weight excluding hydrogens is 244 g/mol. The lowest BCUT2D eigenvalue weighted by Gasteiger charge is -2.09. The Bertz CT molecular complexity index is 611. The van der Waals surface area contributed by atoms with Gasteiger partial charge < -0.3 is 9.47 Å². The molecular formula is C14H14N2O3. The molecule has 2 rings (SSSR count). The Balaban J connectivity index is 2.28. The van der Waals surface area contributed by atoms with Crippen LogP contribution in [0.1, 0.15) is 21.6 Å². The third-order valence-electron chi connectivity index (χ3n) is 2.78. The third kappa shape index (κ3) is 2.88. The number of ether oxygens (including phenoxy) is 2. The summed E-state index contributed by atoms with van der Waals surface area (Å²) in [6.07, 6.45) is 2.79. The molecule has 98 valence electrons. The van der Waals surface area contributed by atoms with Crippen LogP contribution in [-0.4, -0.2) is 23.0 Å². The second-order valence-electron chi connectivity index (χ2n) is 4.03. The van der Waals surface area contributed by atoms with Crippen molar-refractivity contribution in [2.45, 2.75) is 13.8 Å². The lowest BCUT2D eigenvalue weighted by molar-refractivity contribution is 0.0592. The van der Waals surface area contributed by atoms with E-state index < -0.39 is 5.97 Å². The smallest absolute Gasteiger partial charge is 0.358 e. The Morgan fingerprint density at radius 3 is 2.74 bits per heavy atom. The zero-order valence-electron chi connectivity index (χ0n) is 11.0. The molecule has 0 unspecified atom stereocenters. The van der Waals surface area contributed by atoms with E-state index in [4.69, 9.17) is 4.74 Å². The number of nitrogens with zero attached hydrogens (tertiary/aromatic N) is 2. The van der Waals surface area contributed by atoms with Gasteiger partial charge in [-0.2, -0.15) is 0 Å². The van der Waals surface area contributed by atoms with Crippen molar-refractivity contribution in [3.05, 3.63) is 47.4 Å². The summed E-state index contributed by atoms with van der Waals surface area (Å²) in [6.45, 7) is 3.96. The number of aryl methyl sites for hydroxylation is 1. The molecule has 0 radical (unpaired) electrons. The molecule has 0 fully saturated rings. The molecule has 19 heavy (non-hydrogen) atoms. The lowest BCUT2D eigenvalue weighted by Crippen LogP contribution is -2.05. The van der Waals surface area contributed by atoms with Gasteiger partial charge in [0.2, 0.25) is 5.88 Å². The molecule has 1 heterocycles. The highest BCUT2D eigenvalue weighted by Crippen LogP contribution is 2.25. The molecule has 0 aliphatic rings. The summed E-state index contributed by atoms with van der Waals surface area (Å²) in [6, 6.07) is 5.74. The van der Waals surface area contributed by atoms with Crippen molar-refractivity contribution in [2.24, 2.45) is 0 Å². The zero-order valence-corrected chi connectivity index (χ0v) is 11.0. The highest BCUT2D eigenvalue weighted by atomic mass is 16.5. The van der Waals surface area contributed by atoms with Gasteiger partial charge in [0, 0.05) is 0 Å². The summed E-state index contributed by atoms with van der Waals surface area (Å²) in [4.78, 5) is 19.3. The van der Waals surface area contributed by atoms with Gasteiger partial charge in [0.1, 0.15) is 5.75 Å². The molecule has 2 aromatic rings. The van der Waals surface area contributed by atoms with Crippen LogP contribution in [0, 0.1) is 13.8 Å². The second-order valence-corrected chi connectivity index (χ2v) is 4.03. The summed E-state index contributed by atoms with van der Waals surface area (Å²) in [7, 11) is 1.29. The highest BCUT2D eigenvalue weighted by Gasteiger charge is 2.10. The first-order valence-electron chi connectivity index (χ1n) is 5.76. The van der Waals surface area contributed by atoms with Crippen molar-refractivity contribution in [1.82, 2.24) is 9.97 Å². The first-order chi connectivity index (χ1) is 9.11. The Labute approximate surface area is 111 Å². The van der Waals surface area contributed by atoms with Crippen molar-refractivity contribution >= 4 is 5.97 Å². The predicted octanol–water partition coefficient (Wildman–Crippen LogP) is 2.67. The monoisotopic (exact) mass is 258 g/mol. The van der Waals surface area contributed by atoms with E-state index >= 15 is 0 Å². The number of carbonyl (C=O) groups excluding carboxylic acids is 1. The maximum Gasteiger partial charge on any atom is 0.358 e. The second kappa shape index (κ2) is 5.48. The van der Waals surface area contributed by atoms with Crippen LogP contribution < -0.4 is 4.74 Å². The van der Waals surface area contributed by atoms with E-state index in [1.165, 1.54) is 19.5 Å². The van der Waals surface area contributed by atoms with Gasteiger partial charge in [-0.3, -0.25) is 4.98 Å². The summed E-state index contributed by atoms with van der Waals surface area (Å²) in [5.74, 6) is 0.409. The molecule has 5 nitrogen and oxygen atoms in total. The molecule has 0 saturated heterocycles. The largest absolute Gasteiger partial charge is 0.464 e. The summed E-state index contributed by atoms with van der Waals surface area (Å²) in [5, 5.41) is 0. The predicted molar refractivity (Wildman–Crippen MR) is 69.4 cm³/mol. The van der Waals surface area contributed by atoms with Gasteiger partial charge in [0.15, 0.2) is 5.69 Å². The van der Waals surface area contributed by atoms with E-state index in [9.17, 15) is 4.79 Å². The van der Waals surface area contributed by atoms with Crippen LogP contribution in [-0.2, 0) is 4.74 Å². The van der Waals surface area contributed by atoms with Gasteiger partial charge in [-0.05, 0) is 31.0 Å². The minimum Gasteiger partial charge on any atom is -0.464 e. The van der Waals surface area contributed by atoms with Gasteiger partial charge in [-0.15, -0.1) is 0 Å². The van der Waals surface area contributed by atoms with Gasteiger partial charge in [0.25, 0.3) is 0 Å². The van der Waals surface area contributed by atoms with E-state index in [1.54, 1.807) is 0 Å². The van der Waals surface area contributed by atoms with Crippen molar-refractivity contribution in [3.63, 3.8) is 0 Å². The first-order valence-corrected chi connectivity index (χ1v) is 5.76. The van der Waals surface area contributed by atoms with Crippen LogP contribution in [0.5, 0.6) is 11.6 Å². The van der Waals surface area contributed by atoms with Gasteiger partial charge in [-0.1, -0.05) is 12.1 Å². The molecule has 1 aromatic heterocycles. The van der Waals surface area contributed by atoms with Crippen LogP contribution in [0.15, 0.2) is 30.6 Å². The number of rotatable bonds is 3. The quantitative estimate of drug-likeness (QED) is 0.792. The Morgan fingerprint density at radius 2 is 2.00 bits per heavy atom. The zero-order chi connectivity index (χ0) is 13.8. The van der Waals surface area contributed by atoms with E-state index in [0.717, 1.165) is 11.1 Å². The summed E-state index contributed by atoms with van der Waals surface area (Å²) in [5.41, 5.74) is 2.26. The van der Waals surface area contributed by atoms with Crippen LogP contribution in [0.2, 0.25) is 0 Å². The third-order valence-corrected chi connectivity index (χ3v) is 2.78. The Hall–Kier alpha value is -2.43. The Morgan fingerprint density at radius 1 is 1.21 bits per heavy atom. The van der Waals surface area contributed by atoms with Crippen LogP contribution in [0.3, 0.4) is 0 Å². The van der Waals surface area contributed by atoms with E-state index in [-0.39, 0.29) is 11.6 Å². The standard InChI is InChI=1S/C14H14N2O3/c1-9-5-4-6-12(10(9)2)19-13-8-15-7-11(16-13)14(17)18-3/h4-8H,1-3H3. The molecule has 0 N–H and O–H groups in total. The summed E-state index contributed by atoms with van der Waals surface area (Å²) < 4.78 is 10.2. The number of hydrogen-bond donors (Lipinski definition) is 0. The van der Waals surface area contributed by atoms with Crippen molar-refractivity contribution < 1.29 is 14.3 Å². The maximum absolute atomic E-state index is 11.4. The molecule has 0 atom stereocenters. The molecule has 1 aromatic carbocycles. The summed E-state index contributed by atoms with van der Waals surface area (Å²) >= 11 is 0. The lowest BCUT2D eigenvalue weighted by atomic mass is 10.1. The average Bonchev–Trinajstić information content (AvgIpc) is 2.43. The van der Waals surface area contributed by atoms with E-state index in [2.05, 4.69) is 14.7 Å². The molecule has 0 aliphatic carbocycles. The van der Waals surface area contributed by atoms with Crippen molar-refractivity contribution in [2.75, 3.05) is 7.11 Å².